The summed E-state index contributed by atoms with van der Waals surface area (Å²) in [6.45, 7) is 0. The summed E-state index contributed by atoms with van der Waals surface area (Å²) >= 11 is 12.3. The molecule has 2 nitrogen and oxygen atoms in total. The Balaban J connectivity index is 2.23. The zero-order valence-corrected chi connectivity index (χ0v) is 11.7. The van der Waals surface area contributed by atoms with Crippen LogP contribution in [0.2, 0.25) is 10.0 Å². The number of benzene rings is 2. The van der Waals surface area contributed by atoms with E-state index in [1.165, 1.54) is 0 Å². The first-order valence-corrected chi connectivity index (χ1v) is 6.66. The molecule has 0 aliphatic carbocycles. The molecule has 96 valence electrons. The lowest BCUT2D eigenvalue weighted by Gasteiger charge is -2.21. The van der Waals surface area contributed by atoms with Crippen molar-refractivity contribution in [3.8, 4) is 0 Å². The lowest BCUT2D eigenvalue weighted by atomic mass is 9.98. The number of nitrogens with zero attached hydrogens (tertiary/aromatic N) is 1. The van der Waals surface area contributed by atoms with Gasteiger partial charge in [0.05, 0.1) is 6.04 Å². The fourth-order valence-corrected chi connectivity index (χ4v) is 3.16. The van der Waals surface area contributed by atoms with Crippen molar-refractivity contribution in [1.82, 2.24) is 4.90 Å². The molecule has 0 spiro atoms. The highest BCUT2D eigenvalue weighted by molar-refractivity contribution is 6.36. The van der Waals surface area contributed by atoms with Crippen molar-refractivity contribution >= 4 is 29.1 Å². The maximum Gasteiger partial charge on any atom is 0.254 e. The highest BCUT2D eigenvalue weighted by atomic mass is 35.5. The third-order valence-electron chi connectivity index (χ3n) is 3.42. The van der Waals surface area contributed by atoms with E-state index < -0.39 is 0 Å². The average molecular weight is 292 g/mol. The van der Waals surface area contributed by atoms with E-state index in [1.54, 1.807) is 24.1 Å². The van der Waals surface area contributed by atoms with Gasteiger partial charge in [-0.05, 0) is 17.7 Å². The van der Waals surface area contributed by atoms with Crippen molar-refractivity contribution in [3.05, 3.63) is 69.2 Å². The number of hydrogen-bond donors (Lipinski definition) is 0. The molecule has 2 aromatic rings. The quantitative estimate of drug-likeness (QED) is 0.772. The van der Waals surface area contributed by atoms with Gasteiger partial charge in [0.15, 0.2) is 0 Å². The predicted octanol–water partition coefficient (Wildman–Crippen LogP) is 4.17. The number of amides is 1. The molecule has 0 saturated heterocycles. The first kappa shape index (κ1) is 12.5. The highest BCUT2D eigenvalue weighted by Crippen LogP contribution is 2.42. The lowest BCUT2D eigenvalue weighted by molar-refractivity contribution is 0.0793. The molecule has 1 atom stereocenters. The van der Waals surface area contributed by atoms with Gasteiger partial charge in [-0.25, -0.2) is 0 Å². The van der Waals surface area contributed by atoms with Crippen LogP contribution in [0.5, 0.6) is 0 Å². The highest BCUT2D eigenvalue weighted by Gasteiger charge is 2.37. The smallest absolute Gasteiger partial charge is 0.254 e. The van der Waals surface area contributed by atoms with E-state index in [-0.39, 0.29) is 11.9 Å². The standard InChI is InChI=1S/C15H11Cl2NO/c1-18-14(9-5-3-2-4-6-9)13-11(15(18)19)7-10(16)8-12(13)17/h2-8,14H,1H3. The molecule has 0 fully saturated rings. The molecule has 0 bridgehead atoms. The number of rotatable bonds is 1. The van der Waals surface area contributed by atoms with E-state index in [9.17, 15) is 4.79 Å². The van der Waals surface area contributed by atoms with E-state index >= 15 is 0 Å². The van der Waals surface area contributed by atoms with Crippen molar-refractivity contribution in [2.24, 2.45) is 0 Å². The zero-order valence-electron chi connectivity index (χ0n) is 10.2. The Morgan fingerprint density at radius 3 is 2.47 bits per heavy atom. The van der Waals surface area contributed by atoms with Crippen molar-refractivity contribution in [2.45, 2.75) is 6.04 Å². The van der Waals surface area contributed by atoms with Crippen LogP contribution in [0.3, 0.4) is 0 Å². The topological polar surface area (TPSA) is 20.3 Å². The molecular formula is C15H11Cl2NO. The third-order valence-corrected chi connectivity index (χ3v) is 3.95. The van der Waals surface area contributed by atoms with Crippen molar-refractivity contribution in [3.63, 3.8) is 0 Å². The molecule has 0 N–H and O–H groups in total. The van der Waals surface area contributed by atoms with Crippen molar-refractivity contribution < 1.29 is 4.79 Å². The SMILES string of the molecule is CN1C(=O)c2cc(Cl)cc(Cl)c2C1c1ccccc1. The number of carbonyl (C=O) groups is 1. The van der Waals surface area contributed by atoms with Gasteiger partial charge in [0.2, 0.25) is 0 Å². The minimum Gasteiger partial charge on any atom is -0.330 e. The average Bonchev–Trinajstić information content (AvgIpc) is 2.64. The van der Waals surface area contributed by atoms with Gasteiger partial charge in [-0.1, -0.05) is 53.5 Å². The van der Waals surface area contributed by atoms with Gasteiger partial charge in [-0.15, -0.1) is 0 Å². The summed E-state index contributed by atoms with van der Waals surface area (Å²) in [5.74, 6) is -0.0479. The minimum absolute atomic E-state index is 0.0479. The first-order chi connectivity index (χ1) is 9.09. The second-order valence-corrected chi connectivity index (χ2v) is 5.42. The Labute approximate surface area is 121 Å². The number of hydrogen-bond acceptors (Lipinski definition) is 1. The van der Waals surface area contributed by atoms with Crippen LogP contribution in [-0.4, -0.2) is 17.9 Å². The summed E-state index contributed by atoms with van der Waals surface area (Å²) in [5.41, 5.74) is 2.47. The molecule has 0 aromatic heterocycles. The Morgan fingerprint density at radius 1 is 1.11 bits per heavy atom. The van der Waals surface area contributed by atoms with Gasteiger partial charge >= 0.3 is 0 Å². The third kappa shape index (κ3) is 1.92. The molecule has 1 aliphatic heterocycles. The number of halogens is 2. The van der Waals surface area contributed by atoms with E-state index in [4.69, 9.17) is 23.2 Å². The van der Waals surface area contributed by atoms with Gasteiger partial charge in [0, 0.05) is 28.2 Å². The fraction of sp³-hybridized carbons (Fsp3) is 0.133. The van der Waals surface area contributed by atoms with Crippen molar-refractivity contribution in [1.29, 1.82) is 0 Å². The van der Waals surface area contributed by atoms with Crippen LogP contribution in [-0.2, 0) is 0 Å². The first-order valence-electron chi connectivity index (χ1n) is 5.90. The van der Waals surface area contributed by atoms with Gasteiger partial charge in [-0.2, -0.15) is 0 Å². The maximum absolute atomic E-state index is 12.3. The van der Waals surface area contributed by atoms with Crippen LogP contribution in [0.25, 0.3) is 0 Å². The Bertz CT molecular complexity index is 655. The van der Waals surface area contributed by atoms with Gasteiger partial charge in [0.25, 0.3) is 5.91 Å². The second-order valence-electron chi connectivity index (χ2n) is 4.58. The molecule has 0 saturated carbocycles. The van der Waals surface area contributed by atoms with Crippen LogP contribution >= 0.6 is 23.2 Å². The molecule has 1 heterocycles. The predicted molar refractivity (Wildman–Crippen MR) is 76.8 cm³/mol. The molecule has 19 heavy (non-hydrogen) atoms. The summed E-state index contributed by atoms with van der Waals surface area (Å²) in [7, 11) is 1.78. The zero-order chi connectivity index (χ0) is 13.6. The molecule has 3 rings (SSSR count). The van der Waals surface area contributed by atoms with Crippen molar-refractivity contribution in [2.75, 3.05) is 7.05 Å². The van der Waals surface area contributed by atoms with E-state index in [0.29, 0.717) is 15.6 Å². The molecule has 0 radical (unpaired) electrons. The molecular weight excluding hydrogens is 281 g/mol. The summed E-state index contributed by atoms with van der Waals surface area (Å²) < 4.78 is 0. The summed E-state index contributed by atoms with van der Waals surface area (Å²) in [5, 5.41) is 1.02. The van der Waals surface area contributed by atoms with Gasteiger partial charge in [-0.3, -0.25) is 4.79 Å². The van der Waals surface area contributed by atoms with E-state index in [1.807, 2.05) is 30.3 Å². The van der Waals surface area contributed by atoms with E-state index in [2.05, 4.69) is 0 Å². The van der Waals surface area contributed by atoms with Crippen LogP contribution in [0.15, 0.2) is 42.5 Å². The van der Waals surface area contributed by atoms with Crippen LogP contribution in [0.4, 0.5) is 0 Å². The Kier molecular flexibility index (Phi) is 3.00. The normalized spacial score (nSPS) is 17.7. The molecule has 2 aromatic carbocycles. The molecule has 1 amide bonds. The van der Waals surface area contributed by atoms with Gasteiger partial charge < -0.3 is 4.90 Å². The fourth-order valence-electron chi connectivity index (χ4n) is 2.57. The number of fused-ring (bicyclic) bond motifs is 1. The largest absolute Gasteiger partial charge is 0.330 e. The summed E-state index contributed by atoms with van der Waals surface area (Å²) in [6.07, 6.45) is 0. The van der Waals surface area contributed by atoms with Crippen LogP contribution < -0.4 is 0 Å². The Hall–Kier alpha value is -1.51. The lowest BCUT2D eigenvalue weighted by Crippen LogP contribution is -2.23. The van der Waals surface area contributed by atoms with Crippen LogP contribution in [0, 0.1) is 0 Å². The van der Waals surface area contributed by atoms with Gasteiger partial charge in [0.1, 0.15) is 0 Å². The Morgan fingerprint density at radius 2 is 1.79 bits per heavy atom. The monoisotopic (exact) mass is 291 g/mol. The second kappa shape index (κ2) is 4.55. The molecule has 1 unspecified atom stereocenters. The molecule has 4 heteroatoms. The van der Waals surface area contributed by atoms with Crippen LogP contribution in [0.1, 0.15) is 27.5 Å². The number of carbonyl (C=O) groups excluding carboxylic acids is 1. The molecule has 1 aliphatic rings. The summed E-state index contributed by atoms with van der Waals surface area (Å²) in [6, 6.07) is 13.1. The van der Waals surface area contributed by atoms with E-state index in [0.717, 1.165) is 11.1 Å². The minimum atomic E-state index is -0.145. The maximum atomic E-state index is 12.3. The summed E-state index contributed by atoms with van der Waals surface area (Å²) in [4.78, 5) is 14.0.